The van der Waals surface area contributed by atoms with Crippen LogP contribution in [-0.4, -0.2) is 40.6 Å². The van der Waals surface area contributed by atoms with Crippen molar-refractivity contribution in [3.05, 3.63) is 20.8 Å². The number of nitrogens with one attached hydrogen (secondary N) is 2. The zero-order valence-electron chi connectivity index (χ0n) is 12.3. The minimum atomic E-state index is -0.466. The smallest absolute Gasteiger partial charge is 0.330 e. The van der Waals surface area contributed by atoms with E-state index >= 15 is 0 Å². The number of anilines is 2. The minimum absolute atomic E-state index is 0.0755. The Labute approximate surface area is 117 Å². The minimum Gasteiger partial charge on any atom is -0.383 e. The van der Waals surface area contributed by atoms with Crippen molar-refractivity contribution < 1.29 is 0 Å². The van der Waals surface area contributed by atoms with E-state index in [2.05, 4.69) is 15.2 Å². The van der Waals surface area contributed by atoms with Crippen molar-refractivity contribution in [1.29, 1.82) is 0 Å². The molecular formula is C13H23N5O2. The number of nitrogens with two attached hydrogens (primary N) is 1. The molecule has 1 aromatic heterocycles. The molecule has 0 saturated heterocycles. The Kier molecular flexibility index (Phi) is 3.89. The first-order valence-electron chi connectivity index (χ1n) is 6.95. The number of H-pyrrole nitrogens is 1. The molecule has 0 atom stereocenters. The van der Waals surface area contributed by atoms with Crippen molar-refractivity contribution >= 4 is 11.5 Å². The second kappa shape index (κ2) is 5.32. The number of aromatic amines is 1. The van der Waals surface area contributed by atoms with E-state index < -0.39 is 11.2 Å². The molecular weight excluding hydrogens is 258 g/mol. The van der Waals surface area contributed by atoms with Crippen molar-refractivity contribution in [2.45, 2.75) is 38.3 Å². The van der Waals surface area contributed by atoms with Gasteiger partial charge in [0.1, 0.15) is 11.5 Å². The zero-order valence-corrected chi connectivity index (χ0v) is 12.3. The number of hydrogen-bond acceptors (Lipinski definition) is 5. The lowest BCUT2D eigenvalue weighted by Gasteiger charge is -2.47. The molecule has 2 rings (SSSR count). The molecule has 112 valence electrons. The third-order valence-electron chi connectivity index (χ3n) is 4.38. The number of hydrogen-bond donors (Lipinski definition) is 3. The second-order valence-corrected chi connectivity index (χ2v) is 5.59. The lowest BCUT2D eigenvalue weighted by molar-refractivity contribution is 0.0739. The van der Waals surface area contributed by atoms with Crippen molar-refractivity contribution in [2.24, 2.45) is 0 Å². The van der Waals surface area contributed by atoms with Gasteiger partial charge in [-0.15, -0.1) is 0 Å². The van der Waals surface area contributed by atoms with Crippen LogP contribution in [0.25, 0.3) is 0 Å². The van der Waals surface area contributed by atoms with Gasteiger partial charge in [-0.05, 0) is 40.3 Å². The van der Waals surface area contributed by atoms with Gasteiger partial charge in [-0.3, -0.25) is 14.3 Å². The van der Waals surface area contributed by atoms with Crippen LogP contribution in [0.3, 0.4) is 0 Å². The number of nitrogens with zero attached hydrogens (tertiary/aromatic N) is 2. The third-order valence-corrected chi connectivity index (χ3v) is 4.38. The van der Waals surface area contributed by atoms with Crippen molar-refractivity contribution in [1.82, 2.24) is 14.5 Å². The van der Waals surface area contributed by atoms with Gasteiger partial charge < -0.3 is 16.0 Å². The van der Waals surface area contributed by atoms with Gasteiger partial charge in [-0.25, -0.2) is 4.79 Å². The highest BCUT2D eigenvalue weighted by molar-refractivity contribution is 5.60. The van der Waals surface area contributed by atoms with Crippen LogP contribution < -0.4 is 22.3 Å². The Morgan fingerprint density at radius 1 is 1.40 bits per heavy atom. The number of rotatable bonds is 5. The van der Waals surface area contributed by atoms with Crippen LogP contribution in [0.4, 0.5) is 11.5 Å². The molecule has 0 amide bonds. The van der Waals surface area contributed by atoms with Crippen LogP contribution in [-0.2, 0) is 6.54 Å². The summed E-state index contributed by atoms with van der Waals surface area (Å²) in [4.78, 5) is 28.0. The fourth-order valence-corrected chi connectivity index (χ4v) is 2.69. The van der Waals surface area contributed by atoms with E-state index in [9.17, 15) is 9.59 Å². The summed E-state index contributed by atoms with van der Waals surface area (Å²) < 4.78 is 1.35. The highest BCUT2D eigenvalue weighted by atomic mass is 16.2. The lowest BCUT2D eigenvalue weighted by Crippen LogP contribution is -2.55. The van der Waals surface area contributed by atoms with Crippen molar-refractivity contribution in [2.75, 3.05) is 31.7 Å². The van der Waals surface area contributed by atoms with E-state index in [1.54, 1.807) is 0 Å². The van der Waals surface area contributed by atoms with Crippen LogP contribution in [0.5, 0.6) is 0 Å². The predicted octanol–water partition coefficient (Wildman–Crippen LogP) is 0.0349. The first-order valence-corrected chi connectivity index (χ1v) is 6.95. The van der Waals surface area contributed by atoms with Crippen molar-refractivity contribution in [3.63, 3.8) is 0 Å². The molecule has 0 bridgehead atoms. The summed E-state index contributed by atoms with van der Waals surface area (Å²) >= 11 is 0. The van der Waals surface area contributed by atoms with Gasteiger partial charge >= 0.3 is 5.69 Å². The summed E-state index contributed by atoms with van der Waals surface area (Å²) in [5, 5.41) is 3.14. The number of likely N-dealkylation sites (N-methyl/N-ethyl adjacent to an activating group) is 1. The fourth-order valence-electron chi connectivity index (χ4n) is 2.69. The first-order chi connectivity index (χ1) is 9.41. The Morgan fingerprint density at radius 2 is 2.05 bits per heavy atom. The Morgan fingerprint density at radius 3 is 2.50 bits per heavy atom. The van der Waals surface area contributed by atoms with Gasteiger partial charge in [0.2, 0.25) is 0 Å². The summed E-state index contributed by atoms with van der Waals surface area (Å²) in [6, 6.07) is 0. The molecule has 1 aliphatic carbocycles. The van der Waals surface area contributed by atoms with E-state index in [1.165, 1.54) is 11.0 Å². The van der Waals surface area contributed by atoms with Gasteiger partial charge in [0.15, 0.2) is 0 Å². The van der Waals surface area contributed by atoms with Gasteiger partial charge in [-0.2, -0.15) is 0 Å². The maximum absolute atomic E-state index is 11.9. The van der Waals surface area contributed by atoms with Gasteiger partial charge in [-0.1, -0.05) is 0 Å². The molecule has 0 spiro atoms. The maximum Gasteiger partial charge on any atom is 0.330 e. The molecule has 0 radical (unpaired) electrons. The lowest BCUT2D eigenvalue weighted by atomic mass is 9.75. The Hall–Kier alpha value is -1.76. The topological polar surface area (TPSA) is 96.2 Å². The quantitative estimate of drug-likeness (QED) is 0.708. The van der Waals surface area contributed by atoms with Gasteiger partial charge in [0.25, 0.3) is 5.56 Å². The van der Waals surface area contributed by atoms with E-state index in [0.29, 0.717) is 18.8 Å². The predicted molar refractivity (Wildman–Crippen MR) is 80.2 cm³/mol. The molecule has 7 heteroatoms. The first kappa shape index (κ1) is 14.6. The fraction of sp³-hybridized carbons (Fsp3) is 0.692. The monoisotopic (exact) mass is 281 g/mol. The molecule has 20 heavy (non-hydrogen) atoms. The number of nitrogen functional groups attached to an aromatic ring is 1. The molecule has 1 aromatic rings. The van der Waals surface area contributed by atoms with Crippen LogP contribution >= 0.6 is 0 Å². The molecule has 0 aromatic carbocycles. The molecule has 1 saturated carbocycles. The standard InChI is InChI=1S/C13H23N5O2/c1-4-18-10(14)9(11(19)16-12(18)20)15-8-13(17(2)3)6-5-7-13/h15H,4-8,14H2,1-3H3,(H,16,19,20). The maximum atomic E-state index is 11.9. The third kappa shape index (κ3) is 2.33. The van der Waals surface area contributed by atoms with Crippen LogP contribution in [0.1, 0.15) is 26.2 Å². The summed E-state index contributed by atoms with van der Waals surface area (Å²) in [7, 11) is 4.09. The highest BCUT2D eigenvalue weighted by Crippen LogP contribution is 2.36. The molecule has 1 aliphatic rings. The average molecular weight is 281 g/mol. The molecule has 0 unspecified atom stereocenters. The summed E-state index contributed by atoms with van der Waals surface area (Å²) in [6.07, 6.45) is 3.39. The molecule has 4 N–H and O–H groups in total. The zero-order chi connectivity index (χ0) is 14.9. The summed E-state index contributed by atoms with van der Waals surface area (Å²) in [5.74, 6) is 0.203. The summed E-state index contributed by atoms with van der Waals surface area (Å²) in [5.41, 5.74) is 5.37. The van der Waals surface area contributed by atoms with Gasteiger partial charge in [0, 0.05) is 18.6 Å². The SMILES string of the molecule is CCn1c(N)c(NCC2(N(C)C)CCC2)c(=O)[nH]c1=O. The van der Waals surface area contributed by atoms with Crippen LogP contribution in [0.15, 0.2) is 9.59 Å². The largest absolute Gasteiger partial charge is 0.383 e. The van der Waals surface area contributed by atoms with Crippen LogP contribution in [0.2, 0.25) is 0 Å². The van der Waals surface area contributed by atoms with E-state index in [1.807, 2.05) is 21.0 Å². The second-order valence-electron chi connectivity index (χ2n) is 5.59. The Bertz CT molecular complexity index is 598. The Balaban J connectivity index is 2.26. The number of aromatic nitrogens is 2. The molecule has 0 aliphatic heterocycles. The van der Waals surface area contributed by atoms with Gasteiger partial charge in [0.05, 0.1) is 0 Å². The molecule has 7 nitrogen and oxygen atoms in total. The molecule has 1 fully saturated rings. The molecule has 1 heterocycles. The normalized spacial score (nSPS) is 17.0. The highest BCUT2D eigenvalue weighted by Gasteiger charge is 2.39. The summed E-state index contributed by atoms with van der Waals surface area (Å²) in [6.45, 7) is 2.89. The van der Waals surface area contributed by atoms with E-state index in [0.717, 1.165) is 12.8 Å². The van der Waals surface area contributed by atoms with Crippen LogP contribution in [0, 0.1) is 0 Å². The average Bonchev–Trinajstić information content (AvgIpc) is 2.31. The van der Waals surface area contributed by atoms with Crippen molar-refractivity contribution in [3.8, 4) is 0 Å². The van der Waals surface area contributed by atoms with E-state index in [-0.39, 0.29) is 11.4 Å². The van der Waals surface area contributed by atoms with E-state index in [4.69, 9.17) is 5.73 Å².